The molecule has 0 spiro atoms. The second kappa shape index (κ2) is 9.17. The van der Waals surface area contributed by atoms with Crippen LogP contribution in [0.25, 0.3) is 0 Å². The van der Waals surface area contributed by atoms with Crippen molar-refractivity contribution >= 4 is 21.6 Å². The highest BCUT2D eigenvalue weighted by atomic mass is 32.2. The van der Waals surface area contributed by atoms with E-state index in [1.54, 1.807) is 30.3 Å². The molecule has 0 aromatic heterocycles. The number of ether oxygens (including phenoxy) is 2. The molecule has 29 heavy (non-hydrogen) atoms. The van der Waals surface area contributed by atoms with E-state index >= 15 is 0 Å². The lowest BCUT2D eigenvalue weighted by Crippen LogP contribution is -2.25. The van der Waals surface area contributed by atoms with Crippen molar-refractivity contribution in [3.05, 3.63) is 48.0 Å². The minimum Gasteiger partial charge on any atom is -0.490 e. The zero-order valence-electron chi connectivity index (χ0n) is 16.6. The molecule has 7 nitrogen and oxygen atoms in total. The number of benzene rings is 2. The number of amides is 1. The Morgan fingerprint density at radius 3 is 2.41 bits per heavy atom. The summed E-state index contributed by atoms with van der Waals surface area (Å²) in [7, 11) is -3.80. The van der Waals surface area contributed by atoms with Gasteiger partial charge in [-0.3, -0.25) is 9.52 Å². The summed E-state index contributed by atoms with van der Waals surface area (Å²) in [5.41, 5.74) is 0.850. The Bertz CT molecular complexity index is 956. The summed E-state index contributed by atoms with van der Waals surface area (Å²) < 4.78 is 39.0. The Morgan fingerprint density at radius 1 is 1.03 bits per heavy atom. The van der Waals surface area contributed by atoms with Gasteiger partial charge in [-0.15, -0.1) is 0 Å². The first-order chi connectivity index (χ1) is 13.8. The van der Waals surface area contributed by atoms with E-state index in [2.05, 4.69) is 23.9 Å². The molecule has 8 heteroatoms. The number of sulfonamides is 1. The Labute approximate surface area is 171 Å². The predicted octanol–water partition coefficient (Wildman–Crippen LogP) is 3.42. The lowest BCUT2D eigenvalue weighted by molar-refractivity contribution is 0.0952. The van der Waals surface area contributed by atoms with Gasteiger partial charge in [0.15, 0.2) is 11.5 Å². The molecule has 1 amide bonds. The third-order valence-corrected chi connectivity index (χ3v) is 5.81. The standard InChI is InChI=1S/C21H26N2O5S/c1-15(2)10-11-22-21(24)16-4-6-17(7-5-16)23-29(25,26)18-8-9-19-20(14-18)28-13-3-12-27-19/h4-9,14-15,23H,3,10-13H2,1-2H3,(H,22,24). The summed E-state index contributed by atoms with van der Waals surface area (Å²) >= 11 is 0. The van der Waals surface area contributed by atoms with Gasteiger partial charge in [-0.05, 0) is 48.7 Å². The molecule has 0 unspecified atom stereocenters. The summed E-state index contributed by atoms with van der Waals surface area (Å²) in [4.78, 5) is 12.2. The first-order valence-electron chi connectivity index (χ1n) is 9.66. The first kappa shape index (κ1) is 21.0. The average Bonchev–Trinajstić information content (AvgIpc) is 2.92. The van der Waals surface area contributed by atoms with E-state index in [1.165, 1.54) is 12.1 Å². The van der Waals surface area contributed by atoms with Gasteiger partial charge in [0, 0.05) is 30.3 Å². The summed E-state index contributed by atoms with van der Waals surface area (Å²) in [5, 5.41) is 2.85. The molecule has 156 valence electrons. The van der Waals surface area contributed by atoms with Crippen molar-refractivity contribution in [1.29, 1.82) is 0 Å². The van der Waals surface area contributed by atoms with Crippen molar-refractivity contribution in [2.75, 3.05) is 24.5 Å². The van der Waals surface area contributed by atoms with Crippen LogP contribution in [-0.4, -0.2) is 34.1 Å². The second-order valence-corrected chi connectivity index (χ2v) is 8.96. The number of fused-ring (bicyclic) bond motifs is 1. The van der Waals surface area contributed by atoms with Gasteiger partial charge in [0.1, 0.15) is 0 Å². The lowest BCUT2D eigenvalue weighted by Gasteiger charge is -2.12. The van der Waals surface area contributed by atoms with Crippen molar-refractivity contribution in [1.82, 2.24) is 5.32 Å². The molecule has 1 heterocycles. The van der Waals surface area contributed by atoms with Crippen molar-refractivity contribution in [3.8, 4) is 11.5 Å². The molecule has 0 aliphatic carbocycles. The molecule has 0 atom stereocenters. The minimum absolute atomic E-state index is 0.0808. The Morgan fingerprint density at radius 2 is 1.72 bits per heavy atom. The maximum atomic E-state index is 12.7. The quantitative estimate of drug-likeness (QED) is 0.719. The minimum atomic E-state index is -3.80. The third-order valence-electron chi connectivity index (χ3n) is 4.44. The van der Waals surface area contributed by atoms with Gasteiger partial charge in [-0.25, -0.2) is 8.42 Å². The van der Waals surface area contributed by atoms with Gasteiger partial charge in [0.25, 0.3) is 15.9 Å². The number of nitrogens with one attached hydrogen (secondary N) is 2. The number of carbonyl (C=O) groups excluding carboxylic acids is 1. The van der Waals surface area contributed by atoms with Crippen molar-refractivity contribution in [2.24, 2.45) is 5.92 Å². The fourth-order valence-electron chi connectivity index (χ4n) is 2.79. The highest BCUT2D eigenvalue weighted by Crippen LogP contribution is 2.32. The summed E-state index contributed by atoms with van der Waals surface area (Å²) in [6.07, 6.45) is 1.64. The fourth-order valence-corrected chi connectivity index (χ4v) is 3.86. The lowest BCUT2D eigenvalue weighted by atomic mass is 10.1. The van der Waals surface area contributed by atoms with E-state index in [4.69, 9.17) is 9.47 Å². The SMILES string of the molecule is CC(C)CCNC(=O)c1ccc(NS(=O)(=O)c2ccc3c(c2)OCCCO3)cc1. The van der Waals surface area contributed by atoms with Crippen LogP contribution in [0.4, 0.5) is 5.69 Å². The van der Waals surface area contributed by atoms with Crippen LogP contribution in [0.2, 0.25) is 0 Å². The molecule has 0 radical (unpaired) electrons. The van der Waals surface area contributed by atoms with Crippen molar-refractivity contribution in [2.45, 2.75) is 31.6 Å². The molecule has 2 aromatic carbocycles. The molecule has 1 aliphatic heterocycles. The van der Waals surface area contributed by atoms with E-state index in [9.17, 15) is 13.2 Å². The monoisotopic (exact) mass is 418 g/mol. The maximum absolute atomic E-state index is 12.7. The molecule has 0 saturated carbocycles. The topological polar surface area (TPSA) is 93.7 Å². The normalized spacial score (nSPS) is 13.6. The molecule has 2 aromatic rings. The zero-order chi connectivity index (χ0) is 20.9. The highest BCUT2D eigenvalue weighted by Gasteiger charge is 2.19. The van der Waals surface area contributed by atoms with Crippen LogP contribution in [0.5, 0.6) is 11.5 Å². The summed E-state index contributed by atoms with van der Waals surface area (Å²) in [6, 6.07) is 10.9. The Hall–Kier alpha value is -2.74. The Balaban J connectivity index is 1.67. The van der Waals surface area contributed by atoms with Gasteiger partial charge in [0.05, 0.1) is 18.1 Å². The van der Waals surface area contributed by atoms with Crippen LogP contribution in [0.15, 0.2) is 47.4 Å². The largest absolute Gasteiger partial charge is 0.490 e. The van der Waals surface area contributed by atoms with Gasteiger partial charge < -0.3 is 14.8 Å². The van der Waals surface area contributed by atoms with E-state index in [1.807, 2.05) is 0 Å². The van der Waals surface area contributed by atoms with E-state index in [-0.39, 0.29) is 10.8 Å². The second-order valence-electron chi connectivity index (χ2n) is 7.28. The number of rotatable bonds is 7. The van der Waals surface area contributed by atoms with Crippen LogP contribution < -0.4 is 19.5 Å². The fraction of sp³-hybridized carbons (Fsp3) is 0.381. The molecule has 2 N–H and O–H groups in total. The van der Waals surface area contributed by atoms with Crippen LogP contribution in [0.3, 0.4) is 0 Å². The third kappa shape index (κ3) is 5.63. The van der Waals surface area contributed by atoms with Gasteiger partial charge in [0.2, 0.25) is 0 Å². The zero-order valence-corrected chi connectivity index (χ0v) is 17.4. The number of hydrogen-bond donors (Lipinski definition) is 2. The molecular weight excluding hydrogens is 392 g/mol. The summed E-state index contributed by atoms with van der Waals surface area (Å²) in [5.74, 6) is 1.29. The first-order valence-corrected chi connectivity index (χ1v) is 11.1. The highest BCUT2D eigenvalue weighted by molar-refractivity contribution is 7.92. The smallest absolute Gasteiger partial charge is 0.262 e. The molecule has 0 fully saturated rings. The van der Waals surface area contributed by atoms with Gasteiger partial charge in [-0.2, -0.15) is 0 Å². The van der Waals surface area contributed by atoms with Crippen molar-refractivity contribution < 1.29 is 22.7 Å². The average molecular weight is 419 g/mol. The number of hydrogen-bond acceptors (Lipinski definition) is 5. The van der Waals surface area contributed by atoms with Crippen molar-refractivity contribution in [3.63, 3.8) is 0 Å². The molecule has 3 rings (SSSR count). The summed E-state index contributed by atoms with van der Waals surface area (Å²) in [6.45, 7) is 5.81. The van der Waals surface area contributed by atoms with Crippen LogP contribution in [-0.2, 0) is 10.0 Å². The van der Waals surface area contributed by atoms with Crippen LogP contribution in [0.1, 0.15) is 37.0 Å². The molecule has 1 aliphatic rings. The van der Waals surface area contributed by atoms with Gasteiger partial charge in [-0.1, -0.05) is 13.8 Å². The van der Waals surface area contributed by atoms with Gasteiger partial charge >= 0.3 is 0 Å². The maximum Gasteiger partial charge on any atom is 0.262 e. The molecule has 0 saturated heterocycles. The molecular formula is C21H26N2O5S. The van der Waals surface area contributed by atoms with Crippen LogP contribution in [0, 0.1) is 5.92 Å². The Kier molecular flexibility index (Phi) is 6.64. The molecule has 0 bridgehead atoms. The number of carbonyl (C=O) groups is 1. The predicted molar refractivity (Wildman–Crippen MR) is 111 cm³/mol. The van der Waals surface area contributed by atoms with E-state index in [0.29, 0.717) is 48.4 Å². The van der Waals surface area contributed by atoms with Crippen LogP contribution >= 0.6 is 0 Å². The van der Waals surface area contributed by atoms with E-state index in [0.717, 1.165) is 12.8 Å². The van der Waals surface area contributed by atoms with E-state index < -0.39 is 10.0 Å². The number of anilines is 1.